The molecule has 16 heavy (non-hydrogen) atoms. The summed E-state index contributed by atoms with van der Waals surface area (Å²) in [5.41, 5.74) is 0. The largest absolute Gasteiger partial charge is 0.312 e. The average Bonchev–Trinajstić information content (AvgIpc) is 2.76. The van der Waals surface area contributed by atoms with E-state index in [1.54, 1.807) is 0 Å². The minimum atomic E-state index is 0.637. The number of hydrogen-bond donors (Lipinski definition) is 1. The fraction of sp³-hybridized carbons (Fsp3) is 1.00. The van der Waals surface area contributed by atoms with Crippen molar-refractivity contribution in [3.63, 3.8) is 0 Å². The van der Waals surface area contributed by atoms with Crippen LogP contribution in [0.4, 0.5) is 0 Å². The lowest BCUT2D eigenvalue weighted by atomic mass is 10.0. The zero-order chi connectivity index (χ0) is 12.1. The summed E-state index contributed by atoms with van der Waals surface area (Å²) in [5.74, 6) is 0.735. The highest BCUT2D eigenvalue weighted by molar-refractivity contribution is 4.78. The molecule has 0 aromatic carbocycles. The van der Waals surface area contributed by atoms with Gasteiger partial charge in [-0.3, -0.25) is 4.90 Å². The van der Waals surface area contributed by atoms with E-state index in [1.165, 1.54) is 25.7 Å². The molecule has 0 aromatic rings. The summed E-state index contributed by atoms with van der Waals surface area (Å²) >= 11 is 0. The molecule has 0 radical (unpaired) electrons. The van der Waals surface area contributed by atoms with E-state index >= 15 is 0 Å². The molecule has 2 unspecified atom stereocenters. The maximum absolute atomic E-state index is 3.71. The standard InChI is InChI=1S/C14H30N2/c1-11(2)13(4)16(5)12(3)10-15-14-8-6-7-9-14/h11-15H,6-10H2,1-5H3. The third-order valence-corrected chi connectivity index (χ3v) is 4.36. The molecule has 2 heteroatoms. The van der Waals surface area contributed by atoms with Gasteiger partial charge in [0.05, 0.1) is 0 Å². The minimum absolute atomic E-state index is 0.637. The first-order chi connectivity index (χ1) is 7.52. The second-order valence-electron chi connectivity index (χ2n) is 5.89. The second-order valence-corrected chi connectivity index (χ2v) is 5.89. The van der Waals surface area contributed by atoms with E-state index in [0.29, 0.717) is 12.1 Å². The van der Waals surface area contributed by atoms with Crippen molar-refractivity contribution in [1.82, 2.24) is 10.2 Å². The Labute approximate surface area is 102 Å². The molecule has 0 aromatic heterocycles. The van der Waals surface area contributed by atoms with E-state index < -0.39 is 0 Å². The van der Waals surface area contributed by atoms with Crippen molar-refractivity contribution in [3.05, 3.63) is 0 Å². The molecular formula is C14H30N2. The van der Waals surface area contributed by atoms with Gasteiger partial charge in [-0.1, -0.05) is 26.7 Å². The van der Waals surface area contributed by atoms with E-state index in [9.17, 15) is 0 Å². The maximum atomic E-state index is 3.71. The molecule has 1 fully saturated rings. The lowest BCUT2D eigenvalue weighted by Gasteiger charge is -2.34. The minimum Gasteiger partial charge on any atom is -0.312 e. The van der Waals surface area contributed by atoms with Crippen molar-refractivity contribution in [2.75, 3.05) is 13.6 Å². The SMILES string of the molecule is CC(C)C(C)N(C)C(C)CNC1CCCC1. The molecule has 96 valence electrons. The third-order valence-electron chi connectivity index (χ3n) is 4.36. The van der Waals surface area contributed by atoms with Crippen molar-refractivity contribution in [2.24, 2.45) is 5.92 Å². The predicted octanol–water partition coefficient (Wildman–Crippen LogP) is 2.88. The summed E-state index contributed by atoms with van der Waals surface area (Å²) in [6.07, 6.45) is 5.61. The Morgan fingerprint density at radius 3 is 2.19 bits per heavy atom. The molecule has 1 saturated carbocycles. The van der Waals surface area contributed by atoms with Gasteiger partial charge in [0.25, 0.3) is 0 Å². The number of nitrogens with one attached hydrogen (secondary N) is 1. The highest BCUT2D eigenvalue weighted by Crippen LogP contribution is 2.18. The molecule has 0 spiro atoms. The Kier molecular flexibility index (Phi) is 5.77. The van der Waals surface area contributed by atoms with Crippen LogP contribution in [-0.4, -0.2) is 36.6 Å². The van der Waals surface area contributed by atoms with Gasteiger partial charge in [-0.15, -0.1) is 0 Å². The van der Waals surface area contributed by atoms with Crippen LogP contribution >= 0.6 is 0 Å². The van der Waals surface area contributed by atoms with Crippen LogP contribution in [0.25, 0.3) is 0 Å². The number of rotatable bonds is 6. The summed E-state index contributed by atoms with van der Waals surface area (Å²) < 4.78 is 0. The monoisotopic (exact) mass is 226 g/mol. The Hall–Kier alpha value is -0.0800. The predicted molar refractivity (Wildman–Crippen MR) is 71.8 cm³/mol. The summed E-state index contributed by atoms with van der Waals surface area (Å²) in [7, 11) is 2.26. The Bertz CT molecular complexity index is 185. The fourth-order valence-corrected chi connectivity index (χ4v) is 2.48. The summed E-state index contributed by atoms with van der Waals surface area (Å²) in [4.78, 5) is 2.51. The first-order valence-corrected chi connectivity index (χ1v) is 6.97. The number of hydrogen-bond acceptors (Lipinski definition) is 2. The van der Waals surface area contributed by atoms with Gasteiger partial charge in [-0.05, 0) is 39.7 Å². The fourth-order valence-electron chi connectivity index (χ4n) is 2.48. The molecule has 1 aliphatic carbocycles. The van der Waals surface area contributed by atoms with E-state index in [0.717, 1.165) is 18.5 Å². The van der Waals surface area contributed by atoms with E-state index in [1.807, 2.05) is 0 Å². The smallest absolute Gasteiger partial charge is 0.0192 e. The second kappa shape index (κ2) is 6.61. The number of likely N-dealkylation sites (N-methyl/N-ethyl adjacent to an activating group) is 1. The van der Waals surface area contributed by atoms with Crippen LogP contribution in [0.1, 0.15) is 53.4 Å². The zero-order valence-electron chi connectivity index (χ0n) is 11.8. The van der Waals surface area contributed by atoms with Gasteiger partial charge in [0, 0.05) is 24.7 Å². The maximum Gasteiger partial charge on any atom is 0.0192 e. The Balaban J connectivity index is 2.24. The quantitative estimate of drug-likeness (QED) is 0.749. The highest BCUT2D eigenvalue weighted by Gasteiger charge is 2.20. The molecule has 1 N–H and O–H groups in total. The molecular weight excluding hydrogens is 196 g/mol. The first kappa shape index (κ1) is 14.0. The lowest BCUT2D eigenvalue weighted by molar-refractivity contribution is 0.153. The first-order valence-electron chi connectivity index (χ1n) is 6.97. The average molecular weight is 226 g/mol. The zero-order valence-corrected chi connectivity index (χ0v) is 11.8. The van der Waals surface area contributed by atoms with Gasteiger partial charge in [0.15, 0.2) is 0 Å². The van der Waals surface area contributed by atoms with Gasteiger partial charge >= 0.3 is 0 Å². The van der Waals surface area contributed by atoms with Crippen LogP contribution in [0.2, 0.25) is 0 Å². The van der Waals surface area contributed by atoms with E-state index in [2.05, 4.69) is 45.0 Å². The van der Waals surface area contributed by atoms with Crippen LogP contribution < -0.4 is 5.32 Å². The van der Waals surface area contributed by atoms with E-state index in [-0.39, 0.29) is 0 Å². The topological polar surface area (TPSA) is 15.3 Å². The molecule has 0 amide bonds. The molecule has 1 aliphatic rings. The summed E-state index contributed by atoms with van der Waals surface area (Å²) in [6, 6.07) is 2.10. The normalized spacial score (nSPS) is 21.9. The summed E-state index contributed by atoms with van der Waals surface area (Å²) in [6.45, 7) is 10.4. The molecule has 0 bridgehead atoms. The Morgan fingerprint density at radius 1 is 1.12 bits per heavy atom. The van der Waals surface area contributed by atoms with Crippen molar-refractivity contribution < 1.29 is 0 Å². The molecule has 0 aliphatic heterocycles. The molecule has 2 nitrogen and oxygen atoms in total. The van der Waals surface area contributed by atoms with Crippen LogP contribution in [0.5, 0.6) is 0 Å². The van der Waals surface area contributed by atoms with Crippen LogP contribution in [0.3, 0.4) is 0 Å². The van der Waals surface area contributed by atoms with Gasteiger partial charge < -0.3 is 5.32 Å². The van der Waals surface area contributed by atoms with E-state index in [4.69, 9.17) is 0 Å². The van der Waals surface area contributed by atoms with Gasteiger partial charge in [0.2, 0.25) is 0 Å². The summed E-state index contributed by atoms with van der Waals surface area (Å²) in [5, 5.41) is 3.71. The van der Waals surface area contributed by atoms with Gasteiger partial charge in [0.1, 0.15) is 0 Å². The number of nitrogens with zero attached hydrogens (tertiary/aromatic N) is 1. The molecule has 1 rings (SSSR count). The highest BCUT2D eigenvalue weighted by atomic mass is 15.2. The molecule has 2 atom stereocenters. The van der Waals surface area contributed by atoms with Crippen molar-refractivity contribution in [1.29, 1.82) is 0 Å². The van der Waals surface area contributed by atoms with Crippen molar-refractivity contribution in [2.45, 2.75) is 71.5 Å². The van der Waals surface area contributed by atoms with Crippen LogP contribution in [0.15, 0.2) is 0 Å². The molecule has 0 saturated heterocycles. The van der Waals surface area contributed by atoms with Crippen LogP contribution in [0, 0.1) is 5.92 Å². The third kappa shape index (κ3) is 4.06. The van der Waals surface area contributed by atoms with Crippen molar-refractivity contribution in [3.8, 4) is 0 Å². The lowest BCUT2D eigenvalue weighted by Crippen LogP contribution is -2.46. The van der Waals surface area contributed by atoms with Gasteiger partial charge in [-0.25, -0.2) is 0 Å². The van der Waals surface area contributed by atoms with Crippen LogP contribution in [-0.2, 0) is 0 Å². The molecule has 0 heterocycles. The Morgan fingerprint density at radius 2 is 1.69 bits per heavy atom. The van der Waals surface area contributed by atoms with Crippen molar-refractivity contribution >= 4 is 0 Å². The van der Waals surface area contributed by atoms with Gasteiger partial charge in [-0.2, -0.15) is 0 Å².